The second-order valence-electron chi connectivity index (χ2n) is 9.88. The molecular formula is C32H31N3O4S2. The van der Waals surface area contributed by atoms with Crippen LogP contribution in [0, 0.1) is 13.8 Å². The smallest absolute Gasteiger partial charge is 0.301 e. The van der Waals surface area contributed by atoms with Gasteiger partial charge in [0.1, 0.15) is 11.5 Å². The molecule has 1 fully saturated rings. The van der Waals surface area contributed by atoms with Crippen LogP contribution < -0.4 is 9.64 Å². The molecule has 210 valence electrons. The van der Waals surface area contributed by atoms with Gasteiger partial charge < -0.3 is 9.84 Å². The number of carbonyl (C=O) groups excluding carboxylic acids is 2. The molecule has 7 nitrogen and oxygen atoms in total. The number of nitrogens with zero attached hydrogens (tertiary/aromatic N) is 3. The van der Waals surface area contributed by atoms with Gasteiger partial charge in [0.15, 0.2) is 4.34 Å². The maximum atomic E-state index is 13.6. The number of aromatic nitrogens is 2. The molecule has 1 aromatic heterocycles. The fourth-order valence-electron chi connectivity index (χ4n) is 4.64. The van der Waals surface area contributed by atoms with E-state index in [0.29, 0.717) is 38.7 Å². The summed E-state index contributed by atoms with van der Waals surface area (Å²) in [6.07, 6.45) is 1.97. The topological polar surface area (TPSA) is 92.6 Å². The van der Waals surface area contributed by atoms with Crippen molar-refractivity contribution in [2.45, 2.75) is 49.7 Å². The lowest BCUT2D eigenvalue weighted by atomic mass is 9.93. The van der Waals surface area contributed by atoms with Gasteiger partial charge >= 0.3 is 5.91 Å². The van der Waals surface area contributed by atoms with E-state index < -0.39 is 17.7 Å². The van der Waals surface area contributed by atoms with E-state index in [-0.39, 0.29) is 11.3 Å². The Hall–Kier alpha value is -3.95. The Labute approximate surface area is 247 Å². The predicted octanol–water partition coefficient (Wildman–Crippen LogP) is 7.25. The van der Waals surface area contributed by atoms with Crippen LogP contribution in [-0.4, -0.2) is 33.6 Å². The molecule has 1 N–H and O–H groups in total. The number of hydrogen-bond donors (Lipinski definition) is 1. The number of aryl methyl sites for hydroxylation is 2. The molecule has 2 heterocycles. The molecule has 0 aliphatic carbocycles. The van der Waals surface area contributed by atoms with Gasteiger partial charge in [-0.3, -0.25) is 14.5 Å². The van der Waals surface area contributed by atoms with Gasteiger partial charge in [0, 0.05) is 11.3 Å². The molecule has 1 aliphatic rings. The fourth-order valence-corrected chi connectivity index (χ4v) is 6.46. The van der Waals surface area contributed by atoms with Crippen molar-refractivity contribution in [2.75, 3.05) is 11.5 Å². The van der Waals surface area contributed by atoms with E-state index in [0.717, 1.165) is 29.5 Å². The first-order chi connectivity index (χ1) is 19.9. The van der Waals surface area contributed by atoms with Crippen LogP contribution in [0.3, 0.4) is 0 Å². The molecule has 3 aromatic carbocycles. The van der Waals surface area contributed by atoms with Gasteiger partial charge in [-0.25, -0.2) is 0 Å². The Balaban J connectivity index is 1.54. The Bertz CT molecular complexity index is 1580. The van der Waals surface area contributed by atoms with Crippen molar-refractivity contribution < 1.29 is 19.4 Å². The molecule has 0 saturated carbocycles. The summed E-state index contributed by atoms with van der Waals surface area (Å²) in [5.41, 5.74) is 4.08. The first kappa shape index (κ1) is 28.6. The number of ketones is 1. The van der Waals surface area contributed by atoms with Crippen molar-refractivity contribution in [3.05, 3.63) is 106 Å². The Morgan fingerprint density at radius 3 is 2.51 bits per heavy atom. The van der Waals surface area contributed by atoms with Crippen LogP contribution in [0.2, 0.25) is 0 Å². The molecule has 1 aliphatic heterocycles. The van der Waals surface area contributed by atoms with E-state index in [4.69, 9.17) is 4.74 Å². The zero-order valence-electron chi connectivity index (χ0n) is 23.2. The number of hydrogen-bond acceptors (Lipinski definition) is 8. The molecule has 1 atom stereocenters. The molecular weight excluding hydrogens is 555 g/mol. The van der Waals surface area contributed by atoms with Crippen LogP contribution in [-0.2, 0) is 15.3 Å². The van der Waals surface area contributed by atoms with Crippen molar-refractivity contribution in [2.24, 2.45) is 0 Å². The minimum Gasteiger partial charge on any atom is -0.507 e. The van der Waals surface area contributed by atoms with Gasteiger partial charge in [-0.1, -0.05) is 96.6 Å². The highest BCUT2D eigenvalue weighted by Crippen LogP contribution is 2.44. The highest BCUT2D eigenvalue weighted by molar-refractivity contribution is 8.00. The number of benzene rings is 3. The molecule has 0 spiro atoms. The minimum absolute atomic E-state index is 0.0250. The zero-order chi connectivity index (χ0) is 28.9. The van der Waals surface area contributed by atoms with Crippen LogP contribution in [0.4, 0.5) is 5.13 Å². The molecule has 41 heavy (non-hydrogen) atoms. The van der Waals surface area contributed by atoms with Gasteiger partial charge in [-0.15, -0.1) is 10.2 Å². The number of amides is 1. The number of unbranched alkanes of at least 4 members (excludes halogenated alkanes) is 1. The summed E-state index contributed by atoms with van der Waals surface area (Å²) < 4.78 is 6.50. The number of thioether (sulfide) groups is 1. The van der Waals surface area contributed by atoms with Crippen LogP contribution in [0.1, 0.15) is 53.6 Å². The van der Waals surface area contributed by atoms with Gasteiger partial charge in [0.25, 0.3) is 5.78 Å². The van der Waals surface area contributed by atoms with Gasteiger partial charge in [-0.2, -0.15) is 0 Å². The highest BCUT2D eigenvalue weighted by Gasteiger charge is 2.48. The van der Waals surface area contributed by atoms with Gasteiger partial charge in [-0.05, 0) is 55.2 Å². The number of anilines is 1. The first-order valence-corrected chi connectivity index (χ1v) is 15.3. The summed E-state index contributed by atoms with van der Waals surface area (Å²) in [5, 5.41) is 20.5. The average molecular weight is 586 g/mol. The summed E-state index contributed by atoms with van der Waals surface area (Å²) in [6.45, 7) is 6.49. The average Bonchev–Trinajstić information content (AvgIpc) is 3.56. The molecule has 5 rings (SSSR count). The second kappa shape index (κ2) is 12.7. The van der Waals surface area contributed by atoms with Crippen LogP contribution in [0.15, 0.2) is 82.7 Å². The van der Waals surface area contributed by atoms with E-state index in [1.54, 1.807) is 0 Å². The Morgan fingerprint density at radius 2 is 1.78 bits per heavy atom. The normalized spacial score (nSPS) is 16.4. The number of aliphatic hydroxyl groups excluding tert-OH is 1. The lowest BCUT2D eigenvalue weighted by Crippen LogP contribution is -2.29. The van der Waals surface area contributed by atoms with Crippen molar-refractivity contribution in [1.82, 2.24) is 10.2 Å². The van der Waals surface area contributed by atoms with E-state index in [9.17, 15) is 14.7 Å². The third kappa shape index (κ3) is 6.21. The first-order valence-electron chi connectivity index (χ1n) is 13.5. The summed E-state index contributed by atoms with van der Waals surface area (Å²) >= 11 is 2.77. The lowest BCUT2D eigenvalue weighted by molar-refractivity contribution is -0.132. The Kier molecular flexibility index (Phi) is 8.85. The van der Waals surface area contributed by atoms with E-state index in [1.807, 2.05) is 86.6 Å². The number of aliphatic hydroxyl groups is 1. The molecule has 1 amide bonds. The Morgan fingerprint density at radius 1 is 1.02 bits per heavy atom. The molecule has 0 radical (unpaired) electrons. The van der Waals surface area contributed by atoms with Gasteiger partial charge in [0.2, 0.25) is 5.13 Å². The van der Waals surface area contributed by atoms with E-state index >= 15 is 0 Å². The molecule has 1 unspecified atom stereocenters. The second-order valence-corrected chi connectivity index (χ2v) is 12.1. The summed E-state index contributed by atoms with van der Waals surface area (Å²) in [4.78, 5) is 28.5. The highest BCUT2D eigenvalue weighted by atomic mass is 32.2. The van der Waals surface area contributed by atoms with Crippen molar-refractivity contribution in [3.8, 4) is 5.75 Å². The number of ether oxygens (including phenoxy) is 1. The standard InChI is InChI=1S/C32H31N3O4S2/c1-4-5-17-39-24-15-13-23(14-16-24)27-26(28(36)25-18-20(2)11-12-21(25)3)29(37)30(38)35(27)31-33-34-32(41-31)40-19-22-9-7-6-8-10-22/h6-16,18,27,36H,4-5,17,19H2,1-3H3. The number of rotatable bonds is 10. The molecule has 0 bridgehead atoms. The van der Waals surface area contributed by atoms with E-state index in [2.05, 4.69) is 17.1 Å². The monoisotopic (exact) mass is 585 g/mol. The molecule has 9 heteroatoms. The molecule has 4 aromatic rings. The quantitative estimate of drug-likeness (QED) is 0.0523. The van der Waals surface area contributed by atoms with Gasteiger partial charge in [0.05, 0.1) is 18.2 Å². The van der Waals surface area contributed by atoms with Crippen LogP contribution in [0.25, 0.3) is 5.76 Å². The third-order valence-electron chi connectivity index (χ3n) is 6.86. The molecule has 1 saturated heterocycles. The largest absolute Gasteiger partial charge is 0.507 e. The van der Waals surface area contributed by atoms with Crippen molar-refractivity contribution in [1.29, 1.82) is 0 Å². The van der Waals surface area contributed by atoms with Crippen LogP contribution in [0.5, 0.6) is 5.75 Å². The minimum atomic E-state index is -0.875. The van der Waals surface area contributed by atoms with Crippen LogP contribution >= 0.6 is 23.1 Å². The predicted molar refractivity (Wildman–Crippen MR) is 163 cm³/mol. The SMILES string of the molecule is CCCCOc1ccc(C2C(=C(O)c3cc(C)ccc3C)C(=O)C(=O)N2c2nnc(SCc3ccccc3)s2)cc1. The number of carbonyl (C=O) groups is 2. The summed E-state index contributed by atoms with van der Waals surface area (Å²) in [5.74, 6) is -0.317. The number of Topliss-reactive ketones (excluding diaryl/α,β-unsaturated/α-hetero) is 1. The summed E-state index contributed by atoms with van der Waals surface area (Å²) in [6, 6.07) is 22.1. The van der Waals surface area contributed by atoms with E-state index in [1.165, 1.54) is 28.0 Å². The maximum Gasteiger partial charge on any atom is 0.301 e. The fraction of sp³-hybridized carbons (Fsp3) is 0.250. The third-order valence-corrected chi connectivity index (χ3v) is 8.99. The lowest BCUT2D eigenvalue weighted by Gasteiger charge is -2.23. The zero-order valence-corrected chi connectivity index (χ0v) is 24.8. The summed E-state index contributed by atoms with van der Waals surface area (Å²) in [7, 11) is 0. The van der Waals surface area contributed by atoms with Crippen molar-refractivity contribution >= 4 is 45.7 Å². The van der Waals surface area contributed by atoms with Crippen molar-refractivity contribution in [3.63, 3.8) is 0 Å². The maximum absolute atomic E-state index is 13.6.